The molecule has 1 saturated heterocycles. The van der Waals surface area contributed by atoms with Gasteiger partial charge in [0.2, 0.25) is 0 Å². The SMILES string of the molecule is N#Cc1ccc(COc2ccc3c(c2)CCN(CC2C=CC=C[C@@H]2CC2CCO2)C3)c(F)c1. The molecule has 33 heavy (non-hydrogen) atoms. The second-order valence-corrected chi connectivity index (χ2v) is 9.24. The van der Waals surface area contributed by atoms with E-state index in [4.69, 9.17) is 14.7 Å². The molecular formula is C28H29FN2O2. The molecule has 0 radical (unpaired) electrons. The van der Waals surface area contributed by atoms with Crippen LogP contribution < -0.4 is 4.74 Å². The molecule has 2 heterocycles. The van der Waals surface area contributed by atoms with E-state index in [0.717, 1.165) is 44.8 Å². The van der Waals surface area contributed by atoms with E-state index in [1.165, 1.54) is 23.6 Å². The van der Waals surface area contributed by atoms with Gasteiger partial charge in [0, 0.05) is 31.8 Å². The fourth-order valence-electron chi connectivity index (χ4n) is 4.95. The van der Waals surface area contributed by atoms with Crippen LogP contribution in [-0.2, 0) is 24.3 Å². The summed E-state index contributed by atoms with van der Waals surface area (Å²) < 4.78 is 25.7. The molecule has 0 saturated carbocycles. The molecular weight excluding hydrogens is 415 g/mol. The van der Waals surface area contributed by atoms with Gasteiger partial charge in [-0.2, -0.15) is 5.26 Å². The Morgan fingerprint density at radius 2 is 1.94 bits per heavy atom. The molecule has 2 aromatic rings. The van der Waals surface area contributed by atoms with E-state index in [9.17, 15) is 4.39 Å². The van der Waals surface area contributed by atoms with E-state index < -0.39 is 5.82 Å². The molecule has 3 atom stereocenters. The van der Waals surface area contributed by atoms with E-state index in [1.54, 1.807) is 12.1 Å². The van der Waals surface area contributed by atoms with Crippen molar-refractivity contribution in [3.05, 3.63) is 88.8 Å². The second-order valence-electron chi connectivity index (χ2n) is 9.24. The Labute approximate surface area is 194 Å². The summed E-state index contributed by atoms with van der Waals surface area (Å²) in [5.41, 5.74) is 3.42. The zero-order chi connectivity index (χ0) is 22.6. The number of halogens is 1. The maximum Gasteiger partial charge on any atom is 0.131 e. The standard InChI is InChI=1S/C28H29FN2O2/c29-28-13-20(16-30)5-6-25(28)19-33-26-8-7-24-18-31(11-9-22(24)15-26)17-23-4-2-1-3-21(23)14-27-10-12-32-27/h1-8,13,15,21,23,27H,9-12,14,17-19H2/t21-,23?,27?/m1/s1. The lowest BCUT2D eigenvalue weighted by Gasteiger charge is -2.36. The summed E-state index contributed by atoms with van der Waals surface area (Å²) in [4.78, 5) is 2.55. The van der Waals surface area contributed by atoms with Crippen molar-refractivity contribution in [2.75, 3.05) is 19.7 Å². The highest BCUT2D eigenvalue weighted by Crippen LogP contribution is 2.31. The first kappa shape index (κ1) is 21.9. The van der Waals surface area contributed by atoms with Gasteiger partial charge < -0.3 is 9.47 Å². The predicted octanol–water partition coefficient (Wildman–Crippen LogP) is 5.17. The highest BCUT2D eigenvalue weighted by Gasteiger charge is 2.28. The van der Waals surface area contributed by atoms with Gasteiger partial charge in [0.1, 0.15) is 18.2 Å². The molecule has 3 aliphatic rings. The fourth-order valence-corrected chi connectivity index (χ4v) is 4.95. The van der Waals surface area contributed by atoms with Crippen LogP contribution >= 0.6 is 0 Å². The van der Waals surface area contributed by atoms with Gasteiger partial charge in [-0.05, 0) is 66.5 Å². The average molecular weight is 445 g/mol. The molecule has 5 heteroatoms. The summed E-state index contributed by atoms with van der Waals surface area (Å²) in [5, 5.41) is 8.88. The highest BCUT2D eigenvalue weighted by atomic mass is 19.1. The molecule has 2 unspecified atom stereocenters. The first-order chi connectivity index (χ1) is 16.2. The second kappa shape index (κ2) is 9.91. The quantitative estimate of drug-likeness (QED) is 0.591. The minimum Gasteiger partial charge on any atom is -0.489 e. The Morgan fingerprint density at radius 1 is 1.09 bits per heavy atom. The Bertz CT molecular complexity index is 1100. The van der Waals surface area contributed by atoms with Crippen molar-refractivity contribution in [2.24, 2.45) is 11.8 Å². The molecule has 2 aromatic carbocycles. The average Bonchev–Trinajstić information content (AvgIpc) is 2.81. The van der Waals surface area contributed by atoms with Gasteiger partial charge in [0.05, 0.1) is 17.7 Å². The Morgan fingerprint density at radius 3 is 2.70 bits per heavy atom. The van der Waals surface area contributed by atoms with Crippen molar-refractivity contribution in [3.63, 3.8) is 0 Å². The van der Waals surface area contributed by atoms with Crippen LogP contribution in [0.4, 0.5) is 4.39 Å². The number of benzene rings is 2. The topological polar surface area (TPSA) is 45.5 Å². The molecule has 2 aliphatic heterocycles. The summed E-state index contributed by atoms with van der Waals surface area (Å²) in [7, 11) is 0. The van der Waals surface area contributed by atoms with Crippen LogP contribution in [0.3, 0.4) is 0 Å². The first-order valence-electron chi connectivity index (χ1n) is 11.8. The zero-order valence-electron chi connectivity index (χ0n) is 18.8. The third-order valence-corrected chi connectivity index (χ3v) is 7.02. The van der Waals surface area contributed by atoms with Crippen LogP contribution in [0.25, 0.3) is 0 Å². The number of nitrogens with zero attached hydrogens (tertiary/aromatic N) is 2. The molecule has 0 spiro atoms. The molecule has 0 bridgehead atoms. The largest absolute Gasteiger partial charge is 0.489 e. The number of rotatable bonds is 7. The first-order valence-corrected chi connectivity index (χ1v) is 11.8. The summed E-state index contributed by atoms with van der Waals surface area (Å²) in [6.07, 6.45) is 12.8. The number of ether oxygens (including phenoxy) is 2. The van der Waals surface area contributed by atoms with Crippen molar-refractivity contribution >= 4 is 0 Å². The van der Waals surface area contributed by atoms with Crippen molar-refractivity contribution in [1.82, 2.24) is 4.90 Å². The summed E-state index contributed by atoms with van der Waals surface area (Å²) in [6, 6.07) is 12.6. The van der Waals surface area contributed by atoms with Crippen LogP contribution in [0, 0.1) is 29.0 Å². The summed E-state index contributed by atoms with van der Waals surface area (Å²) in [5.74, 6) is 1.44. The number of allylic oxidation sites excluding steroid dienone is 3. The van der Waals surface area contributed by atoms with Gasteiger partial charge in [-0.25, -0.2) is 4.39 Å². The lowest BCUT2D eigenvalue weighted by Crippen LogP contribution is -2.38. The Kier molecular flexibility index (Phi) is 6.57. The lowest BCUT2D eigenvalue weighted by atomic mass is 9.82. The number of hydrogen-bond acceptors (Lipinski definition) is 4. The molecule has 1 fully saturated rings. The summed E-state index contributed by atoms with van der Waals surface area (Å²) >= 11 is 0. The van der Waals surface area contributed by atoms with E-state index >= 15 is 0 Å². The lowest BCUT2D eigenvalue weighted by molar-refractivity contribution is -0.0628. The van der Waals surface area contributed by atoms with Gasteiger partial charge in [-0.15, -0.1) is 0 Å². The van der Waals surface area contributed by atoms with Crippen LogP contribution in [0.1, 0.15) is 35.1 Å². The summed E-state index contributed by atoms with van der Waals surface area (Å²) in [6.45, 7) is 4.10. The Balaban J connectivity index is 1.18. The monoisotopic (exact) mass is 444 g/mol. The maximum atomic E-state index is 14.1. The van der Waals surface area contributed by atoms with Crippen LogP contribution in [0.15, 0.2) is 60.7 Å². The van der Waals surface area contributed by atoms with E-state index in [0.29, 0.717) is 29.1 Å². The van der Waals surface area contributed by atoms with Crippen molar-refractivity contribution in [1.29, 1.82) is 5.26 Å². The molecule has 0 amide bonds. The normalized spacial score (nSPS) is 24.1. The van der Waals surface area contributed by atoms with Crippen molar-refractivity contribution in [3.8, 4) is 11.8 Å². The van der Waals surface area contributed by atoms with Crippen LogP contribution in [-0.4, -0.2) is 30.7 Å². The minimum atomic E-state index is -0.406. The third kappa shape index (κ3) is 5.19. The van der Waals surface area contributed by atoms with Gasteiger partial charge in [0.15, 0.2) is 0 Å². The van der Waals surface area contributed by atoms with Crippen molar-refractivity contribution in [2.45, 2.75) is 38.5 Å². The third-order valence-electron chi connectivity index (χ3n) is 7.02. The minimum absolute atomic E-state index is 0.149. The van der Waals surface area contributed by atoms with Gasteiger partial charge >= 0.3 is 0 Å². The van der Waals surface area contributed by atoms with E-state index in [2.05, 4.69) is 41.3 Å². The van der Waals surface area contributed by atoms with Gasteiger partial charge in [0.25, 0.3) is 0 Å². The van der Waals surface area contributed by atoms with Gasteiger partial charge in [-0.1, -0.05) is 36.4 Å². The molecule has 0 N–H and O–H groups in total. The van der Waals surface area contributed by atoms with Crippen molar-refractivity contribution < 1.29 is 13.9 Å². The fraction of sp³-hybridized carbons (Fsp3) is 0.393. The zero-order valence-corrected chi connectivity index (χ0v) is 18.8. The van der Waals surface area contributed by atoms with E-state index in [-0.39, 0.29) is 6.61 Å². The number of fused-ring (bicyclic) bond motifs is 1. The molecule has 5 rings (SSSR count). The van der Waals surface area contributed by atoms with E-state index in [1.807, 2.05) is 12.1 Å². The highest BCUT2D eigenvalue weighted by molar-refractivity contribution is 5.38. The number of nitriles is 1. The molecule has 170 valence electrons. The van der Waals surface area contributed by atoms with Gasteiger partial charge in [-0.3, -0.25) is 4.90 Å². The smallest absolute Gasteiger partial charge is 0.131 e. The number of hydrogen-bond donors (Lipinski definition) is 0. The van der Waals surface area contributed by atoms with Crippen LogP contribution in [0.5, 0.6) is 5.75 Å². The molecule has 0 aromatic heterocycles. The maximum absolute atomic E-state index is 14.1. The molecule has 1 aliphatic carbocycles. The Hall–Kier alpha value is -2.94. The molecule has 4 nitrogen and oxygen atoms in total. The predicted molar refractivity (Wildman–Crippen MR) is 125 cm³/mol. The van der Waals surface area contributed by atoms with Crippen LogP contribution in [0.2, 0.25) is 0 Å².